The molecule has 1 aliphatic carbocycles. The number of hydrogen-bond acceptors (Lipinski definition) is 8. The number of nitrogens with zero attached hydrogens (tertiary/aromatic N) is 6. The van der Waals surface area contributed by atoms with E-state index in [4.69, 9.17) is 9.47 Å². The highest BCUT2D eigenvalue weighted by molar-refractivity contribution is 5.83. The fraction of sp³-hybridized carbons (Fsp3) is 0.484. The summed E-state index contributed by atoms with van der Waals surface area (Å²) < 4.78 is 13.1. The van der Waals surface area contributed by atoms with Gasteiger partial charge in [0, 0.05) is 38.3 Å². The van der Waals surface area contributed by atoms with Crippen molar-refractivity contribution in [2.24, 2.45) is 0 Å². The first-order valence-corrected chi connectivity index (χ1v) is 14.8. The maximum absolute atomic E-state index is 13.8. The van der Waals surface area contributed by atoms with Crippen molar-refractivity contribution < 1.29 is 9.47 Å². The number of ether oxygens (including phenoxy) is 2. The van der Waals surface area contributed by atoms with E-state index >= 15 is 0 Å². The van der Waals surface area contributed by atoms with Crippen LogP contribution >= 0.6 is 0 Å². The van der Waals surface area contributed by atoms with Gasteiger partial charge in [0.05, 0.1) is 11.6 Å². The fourth-order valence-electron chi connectivity index (χ4n) is 6.69. The zero-order valence-corrected chi connectivity index (χ0v) is 23.8. The lowest BCUT2D eigenvalue weighted by atomic mass is 9.94. The predicted molar refractivity (Wildman–Crippen MR) is 155 cm³/mol. The third-order valence-electron chi connectivity index (χ3n) is 9.17. The lowest BCUT2D eigenvalue weighted by Gasteiger charge is -2.39. The number of piperazine rings is 1. The molecule has 0 amide bonds. The molecule has 1 atom stereocenters. The first-order valence-electron chi connectivity index (χ1n) is 14.8. The minimum absolute atomic E-state index is 0.0721. The van der Waals surface area contributed by atoms with Crippen LogP contribution in [-0.4, -0.2) is 68.0 Å². The topological polar surface area (TPSA) is 101 Å². The number of aryl methyl sites for hydroxylation is 2. The Morgan fingerprint density at radius 2 is 1.78 bits per heavy atom. The number of nitrogens with one attached hydrogen (secondary N) is 1. The van der Waals surface area contributed by atoms with Crippen molar-refractivity contribution in [3.63, 3.8) is 0 Å². The standard InChI is InChI=1S/C31H37N7O3/c1-20-8-10-23-17-25(31(39)32-28(23)21(20)2)29(30-33-34-35-38(30)24-6-4-3-5-7-24)37-14-12-36(13-15-37)18-22-9-11-26-27(16-22)41-19-40-26/h8-11,16-17,24,29H,3-7,12-15,18-19H2,1-2H3,(H,32,39). The van der Waals surface area contributed by atoms with Crippen molar-refractivity contribution >= 4 is 10.9 Å². The molecule has 7 rings (SSSR count). The number of hydrogen-bond donors (Lipinski definition) is 1. The second-order valence-corrected chi connectivity index (χ2v) is 11.7. The van der Waals surface area contributed by atoms with Gasteiger partial charge in [0.1, 0.15) is 6.04 Å². The van der Waals surface area contributed by atoms with Crippen LogP contribution in [0, 0.1) is 13.8 Å². The van der Waals surface area contributed by atoms with Crippen LogP contribution < -0.4 is 15.0 Å². The van der Waals surface area contributed by atoms with Gasteiger partial charge in [-0.2, -0.15) is 0 Å². The molecule has 0 bridgehead atoms. The van der Waals surface area contributed by atoms with Crippen LogP contribution in [0.15, 0.2) is 41.2 Å². The Balaban J connectivity index is 1.20. The molecule has 10 heteroatoms. The molecule has 1 saturated carbocycles. The number of H-pyrrole nitrogens is 1. The number of rotatable bonds is 6. The number of fused-ring (bicyclic) bond motifs is 2. The van der Waals surface area contributed by atoms with Crippen LogP contribution in [0.5, 0.6) is 11.5 Å². The van der Waals surface area contributed by atoms with Gasteiger partial charge in [0.25, 0.3) is 5.56 Å². The highest BCUT2D eigenvalue weighted by Gasteiger charge is 2.34. The third-order valence-corrected chi connectivity index (χ3v) is 9.17. The largest absolute Gasteiger partial charge is 0.454 e. The van der Waals surface area contributed by atoms with Gasteiger partial charge >= 0.3 is 0 Å². The Kier molecular flexibility index (Phi) is 6.96. The van der Waals surface area contributed by atoms with Gasteiger partial charge in [0.2, 0.25) is 6.79 Å². The Bertz CT molecular complexity index is 1620. The van der Waals surface area contributed by atoms with Crippen molar-refractivity contribution in [1.29, 1.82) is 0 Å². The van der Waals surface area contributed by atoms with Crippen molar-refractivity contribution in [3.05, 3.63) is 74.8 Å². The fourth-order valence-corrected chi connectivity index (χ4v) is 6.69. The monoisotopic (exact) mass is 555 g/mol. The summed E-state index contributed by atoms with van der Waals surface area (Å²) in [5.41, 5.74) is 5.01. The number of aromatic amines is 1. The molecular weight excluding hydrogens is 518 g/mol. The van der Waals surface area contributed by atoms with Crippen molar-refractivity contribution in [3.8, 4) is 11.5 Å². The van der Waals surface area contributed by atoms with Crippen molar-refractivity contribution in [2.75, 3.05) is 33.0 Å². The Hall–Kier alpha value is -3.76. The van der Waals surface area contributed by atoms with E-state index in [-0.39, 0.29) is 24.4 Å². The zero-order valence-electron chi connectivity index (χ0n) is 23.8. The van der Waals surface area contributed by atoms with Crippen LogP contribution in [0.25, 0.3) is 10.9 Å². The maximum Gasteiger partial charge on any atom is 0.253 e. The third kappa shape index (κ3) is 4.99. The SMILES string of the molecule is Cc1ccc2cc(C(c3nnnn3C3CCCCC3)N3CCN(Cc4ccc5c(c4)OCO5)CC3)c(=O)[nH]c2c1C. The molecule has 1 unspecified atom stereocenters. The van der Waals surface area contributed by atoms with Gasteiger partial charge in [-0.3, -0.25) is 14.6 Å². The Labute approximate surface area is 239 Å². The average molecular weight is 556 g/mol. The van der Waals surface area contributed by atoms with Crippen LogP contribution in [-0.2, 0) is 6.54 Å². The summed E-state index contributed by atoms with van der Waals surface area (Å²) >= 11 is 0. The van der Waals surface area contributed by atoms with E-state index in [9.17, 15) is 4.79 Å². The quantitative estimate of drug-likeness (QED) is 0.376. The molecule has 214 valence electrons. The summed E-state index contributed by atoms with van der Waals surface area (Å²) in [7, 11) is 0. The van der Waals surface area contributed by atoms with Gasteiger partial charge in [-0.1, -0.05) is 37.5 Å². The van der Waals surface area contributed by atoms with Crippen molar-refractivity contribution in [2.45, 2.75) is 64.6 Å². The van der Waals surface area contributed by atoms with Crippen LogP contribution in [0.1, 0.15) is 72.3 Å². The van der Waals surface area contributed by atoms with E-state index in [1.165, 1.54) is 24.8 Å². The van der Waals surface area contributed by atoms with Gasteiger partial charge in [0.15, 0.2) is 17.3 Å². The summed E-state index contributed by atoms with van der Waals surface area (Å²) in [5.74, 6) is 2.40. The molecule has 0 radical (unpaired) electrons. The minimum atomic E-state index is -0.325. The van der Waals surface area contributed by atoms with Crippen molar-refractivity contribution in [1.82, 2.24) is 35.0 Å². The highest BCUT2D eigenvalue weighted by atomic mass is 16.7. The molecule has 1 saturated heterocycles. The molecule has 2 aromatic carbocycles. The lowest BCUT2D eigenvalue weighted by Crippen LogP contribution is -2.48. The number of aromatic nitrogens is 5. The van der Waals surface area contributed by atoms with Crippen LogP contribution in [0.3, 0.4) is 0 Å². The predicted octanol–water partition coefficient (Wildman–Crippen LogP) is 4.27. The molecule has 10 nitrogen and oxygen atoms in total. The summed E-state index contributed by atoms with van der Waals surface area (Å²) in [6, 6.07) is 12.4. The van der Waals surface area contributed by atoms with Gasteiger partial charge < -0.3 is 14.5 Å². The second-order valence-electron chi connectivity index (χ2n) is 11.7. The number of benzene rings is 2. The molecule has 2 fully saturated rings. The molecule has 0 spiro atoms. The van der Waals surface area contributed by atoms with E-state index in [1.807, 2.05) is 10.7 Å². The Morgan fingerprint density at radius 3 is 2.61 bits per heavy atom. The summed E-state index contributed by atoms with van der Waals surface area (Å²) in [4.78, 5) is 21.8. The average Bonchev–Trinajstić information content (AvgIpc) is 3.67. The molecular formula is C31H37N7O3. The van der Waals surface area contributed by atoms with Crippen LogP contribution in [0.2, 0.25) is 0 Å². The zero-order chi connectivity index (χ0) is 27.9. The highest BCUT2D eigenvalue weighted by Crippen LogP contribution is 2.35. The molecule has 3 aliphatic rings. The van der Waals surface area contributed by atoms with E-state index < -0.39 is 0 Å². The van der Waals surface area contributed by atoms with E-state index in [0.29, 0.717) is 5.56 Å². The van der Waals surface area contributed by atoms with Gasteiger partial charge in [-0.25, -0.2) is 4.68 Å². The van der Waals surface area contributed by atoms with Crippen LogP contribution in [0.4, 0.5) is 0 Å². The molecule has 4 aromatic rings. The molecule has 41 heavy (non-hydrogen) atoms. The maximum atomic E-state index is 13.8. The summed E-state index contributed by atoms with van der Waals surface area (Å²) in [6.45, 7) is 8.61. The normalized spacial score (nSPS) is 19.2. The first kappa shape index (κ1) is 26.2. The number of tetrazole rings is 1. The van der Waals surface area contributed by atoms with Gasteiger partial charge in [-0.15, -0.1) is 5.10 Å². The molecule has 1 N–H and O–H groups in total. The van der Waals surface area contributed by atoms with E-state index in [1.54, 1.807) is 0 Å². The molecule has 4 heterocycles. The summed E-state index contributed by atoms with van der Waals surface area (Å²) in [5, 5.41) is 14.2. The van der Waals surface area contributed by atoms with E-state index in [0.717, 1.165) is 84.9 Å². The Morgan fingerprint density at radius 1 is 0.976 bits per heavy atom. The number of pyridine rings is 1. The minimum Gasteiger partial charge on any atom is -0.454 e. The molecule has 2 aliphatic heterocycles. The molecule has 2 aromatic heterocycles. The summed E-state index contributed by atoms with van der Waals surface area (Å²) in [6.07, 6.45) is 5.76. The lowest BCUT2D eigenvalue weighted by molar-refractivity contribution is 0.0982. The second kappa shape index (κ2) is 10.9. The smallest absolute Gasteiger partial charge is 0.253 e. The first-order chi connectivity index (χ1) is 20.0. The van der Waals surface area contributed by atoms with Gasteiger partial charge in [-0.05, 0) is 77.4 Å². The van der Waals surface area contributed by atoms with E-state index in [2.05, 4.69) is 74.5 Å².